The first-order valence-corrected chi connectivity index (χ1v) is 6.83. The van der Waals surface area contributed by atoms with Crippen LogP contribution in [0.4, 0.5) is 5.69 Å². The molecule has 0 aliphatic carbocycles. The van der Waals surface area contributed by atoms with Gasteiger partial charge in [0.2, 0.25) is 0 Å². The molecule has 1 aromatic rings. The van der Waals surface area contributed by atoms with Crippen molar-refractivity contribution in [3.8, 4) is 0 Å². The lowest BCUT2D eigenvalue weighted by atomic mass is 9.97. The summed E-state index contributed by atoms with van der Waals surface area (Å²) in [5.41, 5.74) is 6.55. The average Bonchev–Trinajstić information content (AvgIpc) is 2.48. The Kier molecular flexibility index (Phi) is 4.49. The van der Waals surface area contributed by atoms with Crippen LogP contribution < -0.4 is 5.73 Å². The van der Waals surface area contributed by atoms with Gasteiger partial charge >= 0.3 is 5.97 Å². The number of likely N-dealkylation sites (tertiary alicyclic amines) is 1. The van der Waals surface area contributed by atoms with Crippen molar-refractivity contribution in [2.75, 3.05) is 25.9 Å². The number of methoxy groups -OCH3 is 1. The largest absolute Gasteiger partial charge is 0.469 e. The Morgan fingerprint density at radius 3 is 2.85 bits per heavy atom. The number of amides is 1. The van der Waals surface area contributed by atoms with Crippen LogP contribution >= 0.6 is 11.6 Å². The summed E-state index contributed by atoms with van der Waals surface area (Å²) in [6.45, 7) is 1.02. The predicted octanol–water partition coefficient (Wildman–Crippen LogP) is 1.95. The van der Waals surface area contributed by atoms with Crippen molar-refractivity contribution in [2.24, 2.45) is 5.92 Å². The van der Waals surface area contributed by atoms with Gasteiger partial charge in [0.15, 0.2) is 0 Å². The third kappa shape index (κ3) is 3.04. The summed E-state index contributed by atoms with van der Waals surface area (Å²) in [5.74, 6) is -0.653. The minimum Gasteiger partial charge on any atom is -0.469 e. The molecule has 0 aromatic heterocycles. The van der Waals surface area contributed by atoms with E-state index < -0.39 is 0 Å². The second kappa shape index (κ2) is 6.13. The first kappa shape index (κ1) is 14.7. The van der Waals surface area contributed by atoms with Gasteiger partial charge in [-0.3, -0.25) is 9.59 Å². The fourth-order valence-electron chi connectivity index (χ4n) is 2.36. The van der Waals surface area contributed by atoms with E-state index in [0.29, 0.717) is 29.4 Å². The third-order valence-electron chi connectivity index (χ3n) is 3.49. The van der Waals surface area contributed by atoms with Crippen molar-refractivity contribution < 1.29 is 14.3 Å². The van der Waals surface area contributed by atoms with Gasteiger partial charge < -0.3 is 15.4 Å². The van der Waals surface area contributed by atoms with E-state index in [9.17, 15) is 9.59 Å². The van der Waals surface area contributed by atoms with Gasteiger partial charge in [0.25, 0.3) is 5.91 Å². The van der Waals surface area contributed by atoms with E-state index in [1.807, 2.05) is 0 Å². The second-order valence-electron chi connectivity index (χ2n) is 4.85. The molecule has 0 spiro atoms. The topological polar surface area (TPSA) is 72.6 Å². The van der Waals surface area contributed by atoms with Gasteiger partial charge in [-0.1, -0.05) is 11.6 Å². The Balaban J connectivity index is 2.12. The highest BCUT2D eigenvalue weighted by Crippen LogP contribution is 2.23. The van der Waals surface area contributed by atoms with Crippen LogP contribution in [-0.2, 0) is 9.53 Å². The van der Waals surface area contributed by atoms with Crippen LogP contribution in [0.1, 0.15) is 23.2 Å². The summed E-state index contributed by atoms with van der Waals surface area (Å²) >= 11 is 5.93. The number of nitrogens with two attached hydrogens (primary N) is 1. The molecule has 20 heavy (non-hydrogen) atoms. The molecular weight excluding hydrogens is 280 g/mol. The fraction of sp³-hybridized carbons (Fsp3) is 0.429. The first-order chi connectivity index (χ1) is 9.52. The SMILES string of the molecule is COC(=O)C1CCCN(C(=O)c2ccc(N)c(Cl)c2)C1. The summed E-state index contributed by atoms with van der Waals surface area (Å²) in [5, 5.41) is 0.359. The van der Waals surface area contributed by atoms with Crippen LogP contribution in [0.2, 0.25) is 5.02 Å². The Morgan fingerprint density at radius 2 is 2.20 bits per heavy atom. The minimum absolute atomic E-state index is 0.138. The fourth-order valence-corrected chi connectivity index (χ4v) is 2.54. The monoisotopic (exact) mass is 296 g/mol. The standard InChI is InChI=1S/C14H17ClN2O3/c1-20-14(19)10-3-2-6-17(8-10)13(18)9-4-5-12(16)11(15)7-9/h4-5,7,10H,2-3,6,8,16H2,1H3. The summed E-state index contributed by atoms with van der Waals surface area (Å²) in [4.78, 5) is 25.6. The number of piperidine rings is 1. The molecule has 1 heterocycles. The molecular formula is C14H17ClN2O3. The van der Waals surface area contributed by atoms with Crippen LogP contribution in [0.15, 0.2) is 18.2 Å². The molecule has 1 aliphatic rings. The molecule has 0 radical (unpaired) electrons. The molecule has 1 aliphatic heterocycles. The molecule has 2 rings (SSSR count). The molecule has 1 amide bonds. The van der Waals surface area contributed by atoms with Gasteiger partial charge in [-0.15, -0.1) is 0 Å². The van der Waals surface area contributed by atoms with Gasteiger partial charge in [-0.25, -0.2) is 0 Å². The molecule has 1 aromatic carbocycles. The number of benzene rings is 1. The molecule has 6 heteroatoms. The van der Waals surface area contributed by atoms with Crippen LogP contribution in [0.3, 0.4) is 0 Å². The first-order valence-electron chi connectivity index (χ1n) is 6.45. The third-order valence-corrected chi connectivity index (χ3v) is 3.82. The Bertz CT molecular complexity index is 533. The van der Waals surface area contributed by atoms with E-state index in [4.69, 9.17) is 22.1 Å². The maximum Gasteiger partial charge on any atom is 0.310 e. The quantitative estimate of drug-likeness (QED) is 0.669. The molecule has 2 N–H and O–H groups in total. The Labute approximate surface area is 122 Å². The number of anilines is 1. The number of esters is 1. The molecule has 0 bridgehead atoms. The van der Waals surface area contributed by atoms with Crippen LogP contribution in [0.5, 0.6) is 0 Å². The van der Waals surface area contributed by atoms with Gasteiger partial charge in [0, 0.05) is 18.7 Å². The number of nitrogens with zero attached hydrogens (tertiary/aromatic N) is 1. The molecule has 1 saturated heterocycles. The van der Waals surface area contributed by atoms with Crippen molar-refractivity contribution >= 4 is 29.2 Å². The van der Waals surface area contributed by atoms with Gasteiger partial charge in [-0.05, 0) is 31.0 Å². The van der Waals surface area contributed by atoms with Gasteiger partial charge in [-0.2, -0.15) is 0 Å². The highest BCUT2D eigenvalue weighted by atomic mass is 35.5. The summed E-state index contributed by atoms with van der Waals surface area (Å²) in [6.07, 6.45) is 1.53. The lowest BCUT2D eigenvalue weighted by Crippen LogP contribution is -2.42. The zero-order valence-electron chi connectivity index (χ0n) is 11.3. The normalized spacial score (nSPS) is 18.7. The van der Waals surface area contributed by atoms with E-state index in [1.165, 1.54) is 7.11 Å². The lowest BCUT2D eigenvalue weighted by Gasteiger charge is -2.31. The van der Waals surface area contributed by atoms with Gasteiger partial charge in [0.1, 0.15) is 0 Å². The van der Waals surface area contributed by atoms with Crippen molar-refractivity contribution in [2.45, 2.75) is 12.8 Å². The number of rotatable bonds is 2. The molecule has 1 fully saturated rings. The smallest absolute Gasteiger partial charge is 0.310 e. The highest BCUT2D eigenvalue weighted by molar-refractivity contribution is 6.33. The molecule has 0 saturated carbocycles. The van der Waals surface area contributed by atoms with E-state index in [0.717, 1.165) is 12.8 Å². The average molecular weight is 297 g/mol. The van der Waals surface area contributed by atoms with Crippen molar-refractivity contribution in [1.82, 2.24) is 4.90 Å². The zero-order chi connectivity index (χ0) is 14.7. The van der Waals surface area contributed by atoms with E-state index in [2.05, 4.69) is 0 Å². The Morgan fingerprint density at radius 1 is 1.45 bits per heavy atom. The van der Waals surface area contributed by atoms with Crippen LogP contribution in [0, 0.1) is 5.92 Å². The summed E-state index contributed by atoms with van der Waals surface area (Å²) < 4.78 is 4.74. The van der Waals surface area contributed by atoms with E-state index in [1.54, 1.807) is 23.1 Å². The van der Waals surface area contributed by atoms with Crippen molar-refractivity contribution in [3.63, 3.8) is 0 Å². The zero-order valence-corrected chi connectivity index (χ0v) is 12.0. The lowest BCUT2D eigenvalue weighted by molar-refractivity contribution is -0.146. The number of carbonyl (C=O) groups excluding carboxylic acids is 2. The Hall–Kier alpha value is -1.75. The molecule has 5 nitrogen and oxygen atoms in total. The van der Waals surface area contributed by atoms with Crippen LogP contribution in [-0.4, -0.2) is 37.0 Å². The number of nitrogen functional groups attached to an aromatic ring is 1. The summed E-state index contributed by atoms with van der Waals surface area (Å²) in [7, 11) is 1.36. The number of hydrogen-bond donors (Lipinski definition) is 1. The van der Waals surface area contributed by atoms with E-state index in [-0.39, 0.29) is 17.8 Å². The van der Waals surface area contributed by atoms with Gasteiger partial charge in [0.05, 0.1) is 23.7 Å². The molecule has 1 unspecified atom stereocenters. The minimum atomic E-state index is -0.266. The van der Waals surface area contributed by atoms with Crippen molar-refractivity contribution in [1.29, 1.82) is 0 Å². The second-order valence-corrected chi connectivity index (χ2v) is 5.26. The summed E-state index contributed by atoms with van der Waals surface area (Å²) in [6, 6.07) is 4.81. The number of carbonyl (C=O) groups is 2. The van der Waals surface area contributed by atoms with E-state index >= 15 is 0 Å². The maximum absolute atomic E-state index is 12.4. The molecule has 1 atom stereocenters. The highest BCUT2D eigenvalue weighted by Gasteiger charge is 2.29. The maximum atomic E-state index is 12.4. The number of hydrogen-bond acceptors (Lipinski definition) is 4. The number of ether oxygens (including phenoxy) is 1. The predicted molar refractivity (Wildman–Crippen MR) is 76.5 cm³/mol. The van der Waals surface area contributed by atoms with Crippen molar-refractivity contribution in [3.05, 3.63) is 28.8 Å². The number of halogens is 1. The van der Waals surface area contributed by atoms with Crippen LogP contribution in [0.25, 0.3) is 0 Å². The molecule has 108 valence electrons.